The molecule has 0 spiro atoms. The Hall–Kier alpha value is -1.28. The lowest BCUT2D eigenvalue weighted by Crippen LogP contribution is -2.33. The molecular formula is C17H32O11S2. The normalized spacial score (nSPS) is 13.0. The second-order valence-corrected chi connectivity index (χ2v) is 9.70. The van der Waals surface area contributed by atoms with Crippen molar-refractivity contribution in [1.82, 2.24) is 0 Å². The number of unbranched alkanes of at least 4 members (excludes halogenated alkanes) is 7. The number of ether oxygens (including phenoxy) is 3. The highest BCUT2D eigenvalue weighted by molar-refractivity contribution is 7.86. The second-order valence-electron chi connectivity index (χ2n) is 6.80. The zero-order valence-corrected chi connectivity index (χ0v) is 18.8. The minimum absolute atomic E-state index is 0.229. The van der Waals surface area contributed by atoms with E-state index in [0.29, 0.717) is 6.61 Å². The molecule has 0 saturated heterocycles. The number of carbonyl (C=O) groups is 2. The lowest BCUT2D eigenvalue weighted by molar-refractivity contribution is -0.159. The van der Waals surface area contributed by atoms with Gasteiger partial charge in [0.25, 0.3) is 20.2 Å². The molecule has 0 aromatic rings. The molecule has 0 aromatic carbocycles. The zero-order valence-electron chi connectivity index (χ0n) is 17.2. The topological polar surface area (TPSA) is 171 Å². The third-order valence-electron chi connectivity index (χ3n) is 3.77. The summed E-state index contributed by atoms with van der Waals surface area (Å²) in [6.45, 7) is 1.65. The van der Waals surface area contributed by atoms with E-state index in [1.807, 2.05) is 0 Å². The van der Waals surface area contributed by atoms with E-state index in [4.69, 9.17) is 18.6 Å². The first-order valence-corrected chi connectivity index (χ1v) is 13.0. The number of esters is 2. The van der Waals surface area contributed by atoms with Gasteiger partial charge in [-0.1, -0.05) is 51.9 Å². The zero-order chi connectivity index (χ0) is 23.0. The minimum atomic E-state index is -4.60. The fourth-order valence-electron chi connectivity index (χ4n) is 2.41. The number of hydrogen-bond acceptors (Lipinski definition) is 9. The van der Waals surface area contributed by atoms with Gasteiger partial charge in [0.15, 0.2) is 17.6 Å². The van der Waals surface area contributed by atoms with Gasteiger partial charge >= 0.3 is 11.9 Å². The van der Waals surface area contributed by atoms with Gasteiger partial charge in [0.05, 0.1) is 6.61 Å². The summed E-state index contributed by atoms with van der Waals surface area (Å²) in [5, 5.41) is 0. The Labute approximate surface area is 177 Å². The van der Waals surface area contributed by atoms with Crippen molar-refractivity contribution < 1.29 is 49.7 Å². The summed E-state index contributed by atoms with van der Waals surface area (Å²) in [5.41, 5.74) is 0. The first-order chi connectivity index (χ1) is 13.9. The van der Waals surface area contributed by atoms with Crippen LogP contribution in [-0.4, -0.2) is 75.3 Å². The largest absolute Gasteiger partial charge is 0.461 e. The van der Waals surface area contributed by atoms with Gasteiger partial charge in [-0.05, 0) is 6.42 Å². The Morgan fingerprint density at radius 3 is 1.80 bits per heavy atom. The SMILES string of the molecule is CCCCCCCCCCOCC(COC(=O)CS(=O)(=O)O)OC(=O)CS(=O)(=O)O. The molecule has 0 aliphatic heterocycles. The fraction of sp³-hybridized carbons (Fsp3) is 0.882. The molecule has 13 heteroatoms. The van der Waals surface area contributed by atoms with Crippen LogP contribution in [0.1, 0.15) is 58.3 Å². The van der Waals surface area contributed by atoms with Gasteiger partial charge in [-0.3, -0.25) is 18.7 Å². The molecule has 0 aromatic heterocycles. The van der Waals surface area contributed by atoms with Crippen LogP contribution < -0.4 is 0 Å². The maximum Gasteiger partial charge on any atom is 0.324 e. The predicted octanol–water partition coefficient (Wildman–Crippen LogP) is 1.37. The molecule has 30 heavy (non-hydrogen) atoms. The Balaban J connectivity index is 4.32. The van der Waals surface area contributed by atoms with Crippen molar-refractivity contribution >= 4 is 32.2 Å². The van der Waals surface area contributed by atoms with Crippen LogP contribution in [0.25, 0.3) is 0 Å². The second kappa shape index (κ2) is 15.5. The molecule has 0 fully saturated rings. The number of hydrogen-bond donors (Lipinski definition) is 2. The van der Waals surface area contributed by atoms with E-state index in [2.05, 4.69) is 11.7 Å². The van der Waals surface area contributed by atoms with Crippen molar-refractivity contribution in [3.63, 3.8) is 0 Å². The average Bonchev–Trinajstić information content (AvgIpc) is 2.58. The average molecular weight is 477 g/mol. The van der Waals surface area contributed by atoms with E-state index in [1.165, 1.54) is 25.7 Å². The molecule has 11 nitrogen and oxygen atoms in total. The van der Waals surface area contributed by atoms with Crippen LogP contribution in [0.15, 0.2) is 0 Å². The molecular weight excluding hydrogens is 444 g/mol. The molecule has 0 aliphatic rings. The van der Waals surface area contributed by atoms with Crippen molar-refractivity contribution in [3.05, 3.63) is 0 Å². The predicted molar refractivity (Wildman–Crippen MR) is 107 cm³/mol. The summed E-state index contributed by atoms with van der Waals surface area (Å²) in [5.74, 6) is -5.14. The number of rotatable bonds is 18. The van der Waals surface area contributed by atoms with Gasteiger partial charge in [-0.2, -0.15) is 16.8 Å². The highest BCUT2D eigenvalue weighted by Gasteiger charge is 2.22. The van der Waals surface area contributed by atoms with Crippen LogP contribution in [-0.2, 0) is 44.0 Å². The van der Waals surface area contributed by atoms with Gasteiger partial charge in [0, 0.05) is 6.61 Å². The number of carbonyl (C=O) groups excluding carboxylic acids is 2. The van der Waals surface area contributed by atoms with Gasteiger partial charge in [0.1, 0.15) is 6.61 Å². The Kier molecular flexibility index (Phi) is 14.8. The van der Waals surface area contributed by atoms with Crippen molar-refractivity contribution in [2.45, 2.75) is 64.4 Å². The van der Waals surface area contributed by atoms with E-state index < -0.39 is 56.4 Å². The first kappa shape index (κ1) is 28.7. The molecule has 178 valence electrons. The first-order valence-electron chi connectivity index (χ1n) is 9.76. The standard InChI is InChI=1S/C17H32O11S2/c1-2-3-4-5-6-7-8-9-10-26-11-15(28-17(19)14-30(23,24)25)12-27-16(18)13-29(20,21)22/h15H,2-14H2,1H3,(H,20,21,22)(H,23,24,25). The fourth-order valence-corrected chi connectivity index (χ4v) is 3.16. The van der Waals surface area contributed by atoms with Crippen LogP contribution in [0.3, 0.4) is 0 Å². The van der Waals surface area contributed by atoms with Crippen molar-refractivity contribution in [3.8, 4) is 0 Å². The van der Waals surface area contributed by atoms with E-state index >= 15 is 0 Å². The summed E-state index contributed by atoms with van der Waals surface area (Å²) >= 11 is 0. The smallest absolute Gasteiger partial charge is 0.324 e. The minimum Gasteiger partial charge on any atom is -0.461 e. The van der Waals surface area contributed by atoms with E-state index in [1.54, 1.807) is 0 Å². The molecule has 1 atom stereocenters. The van der Waals surface area contributed by atoms with E-state index in [9.17, 15) is 26.4 Å². The molecule has 2 N–H and O–H groups in total. The van der Waals surface area contributed by atoms with Gasteiger partial charge < -0.3 is 14.2 Å². The third-order valence-corrected chi connectivity index (χ3v) is 4.98. The summed E-state index contributed by atoms with van der Waals surface area (Å²) in [6, 6.07) is 0. The van der Waals surface area contributed by atoms with Gasteiger partial charge in [0.2, 0.25) is 0 Å². The van der Waals surface area contributed by atoms with Crippen LogP contribution in [0.4, 0.5) is 0 Å². The molecule has 1 unspecified atom stereocenters. The quantitative estimate of drug-likeness (QED) is 0.166. The molecule has 0 rings (SSSR count). The Morgan fingerprint density at radius 2 is 1.27 bits per heavy atom. The molecule has 0 radical (unpaired) electrons. The van der Waals surface area contributed by atoms with Crippen LogP contribution in [0.5, 0.6) is 0 Å². The monoisotopic (exact) mass is 476 g/mol. The molecule has 0 heterocycles. The van der Waals surface area contributed by atoms with Crippen LogP contribution >= 0.6 is 0 Å². The summed E-state index contributed by atoms with van der Waals surface area (Å²) in [7, 11) is -9.19. The van der Waals surface area contributed by atoms with Crippen molar-refractivity contribution in [2.75, 3.05) is 31.3 Å². The maximum absolute atomic E-state index is 11.5. The Bertz CT molecular complexity index is 701. The van der Waals surface area contributed by atoms with Crippen molar-refractivity contribution in [2.24, 2.45) is 0 Å². The van der Waals surface area contributed by atoms with Gasteiger partial charge in [-0.25, -0.2) is 0 Å². The lowest BCUT2D eigenvalue weighted by Gasteiger charge is -2.18. The molecule has 0 amide bonds. The molecule has 0 saturated carbocycles. The van der Waals surface area contributed by atoms with Crippen LogP contribution in [0, 0.1) is 0 Å². The lowest BCUT2D eigenvalue weighted by atomic mass is 10.1. The molecule has 0 bridgehead atoms. The molecule has 0 aliphatic carbocycles. The highest BCUT2D eigenvalue weighted by atomic mass is 32.2. The van der Waals surface area contributed by atoms with E-state index in [-0.39, 0.29) is 6.61 Å². The van der Waals surface area contributed by atoms with Crippen molar-refractivity contribution in [1.29, 1.82) is 0 Å². The Morgan fingerprint density at radius 1 is 0.767 bits per heavy atom. The summed E-state index contributed by atoms with van der Waals surface area (Å²) < 4.78 is 74.8. The maximum atomic E-state index is 11.5. The van der Waals surface area contributed by atoms with E-state index in [0.717, 1.165) is 25.7 Å². The van der Waals surface area contributed by atoms with Gasteiger partial charge in [-0.15, -0.1) is 0 Å². The highest BCUT2D eigenvalue weighted by Crippen LogP contribution is 2.08. The third kappa shape index (κ3) is 20.0. The van der Waals surface area contributed by atoms with Crippen LogP contribution in [0.2, 0.25) is 0 Å². The summed E-state index contributed by atoms with van der Waals surface area (Å²) in [4.78, 5) is 22.9. The summed E-state index contributed by atoms with van der Waals surface area (Å²) in [6.07, 6.45) is 7.52.